The zero-order valence-corrected chi connectivity index (χ0v) is 20.0. The number of benzene rings is 1. The molecule has 1 atom stereocenters. The molecule has 1 unspecified atom stereocenters. The lowest BCUT2D eigenvalue weighted by Gasteiger charge is -2.36. The molecule has 0 saturated carbocycles. The maximum absolute atomic E-state index is 12.8. The lowest BCUT2D eigenvalue weighted by molar-refractivity contribution is -0.137. The van der Waals surface area contributed by atoms with Crippen molar-refractivity contribution in [2.24, 2.45) is 11.8 Å². The number of anilines is 2. The molecule has 1 fully saturated rings. The summed E-state index contributed by atoms with van der Waals surface area (Å²) in [5.74, 6) is 1.20. The SMILES string of the molecule is CC(C)C(Oc1cc(CNc2ncccc2C(=O)Nc2ccc(C(F)(F)F)cc2)ccn1)C1CNC1. The summed E-state index contributed by atoms with van der Waals surface area (Å²) in [6.45, 7) is 6.50. The molecule has 0 radical (unpaired) electrons. The van der Waals surface area contributed by atoms with E-state index in [1.807, 2.05) is 12.1 Å². The fourth-order valence-corrected chi connectivity index (χ4v) is 3.94. The molecule has 0 bridgehead atoms. The maximum Gasteiger partial charge on any atom is 0.416 e. The van der Waals surface area contributed by atoms with Crippen molar-refractivity contribution in [3.63, 3.8) is 0 Å². The van der Waals surface area contributed by atoms with E-state index >= 15 is 0 Å². The van der Waals surface area contributed by atoms with Crippen LogP contribution < -0.4 is 20.7 Å². The highest BCUT2D eigenvalue weighted by molar-refractivity contribution is 6.07. The fraction of sp³-hybridized carbons (Fsp3) is 0.346. The predicted octanol–water partition coefficient (Wildman–Crippen LogP) is 4.98. The van der Waals surface area contributed by atoms with Gasteiger partial charge in [0.05, 0.1) is 11.1 Å². The summed E-state index contributed by atoms with van der Waals surface area (Å²) in [6.07, 6.45) is -1.14. The summed E-state index contributed by atoms with van der Waals surface area (Å²) in [6, 6.07) is 11.2. The zero-order valence-electron chi connectivity index (χ0n) is 20.0. The standard InChI is InChI=1S/C26H28F3N5O2/c1-16(2)23(18-14-30-15-18)36-22-12-17(9-11-31-22)13-33-24-21(4-3-10-32-24)25(35)34-20-7-5-19(6-8-20)26(27,28)29/h3-12,16,18,23,30H,13-15H2,1-2H3,(H,32,33)(H,34,35). The number of ether oxygens (including phenoxy) is 1. The number of pyridine rings is 2. The molecule has 4 rings (SSSR count). The number of nitrogens with zero attached hydrogens (tertiary/aromatic N) is 2. The minimum atomic E-state index is -4.44. The van der Waals surface area contributed by atoms with Gasteiger partial charge in [-0.25, -0.2) is 9.97 Å². The molecule has 7 nitrogen and oxygen atoms in total. The molecule has 1 saturated heterocycles. The van der Waals surface area contributed by atoms with Crippen LogP contribution in [0.5, 0.6) is 5.88 Å². The average Bonchev–Trinajstić information content (AvgIpc) is 2.81. The molecule has 190 valence electrons. The van der Waals surface area contributed by atoms with Crippen LogP contribution in [-0.4, -0.2) is 35.1 Å². The van der Waals surface area contributed by atoms with E-state index in [2.05, 4.69) is 39.8 Å². The Kier molecular flexibility index (Phi) is 7.73. The first-order valence-corrected chi connectivity index (χ1v) is 11.7. The van der Waals surface area contributed by atoms with Crippen molar-refractivity contribution in [2.75, 3.05) is 23.7 Å². The Morgan fingerprint density at radius 1 is 1.11 bits per heavy atom. The third-order valence-electron chi connectivity index (χ3n) is 5.97. The van der Waals surface area contributed by atoms with Crippen molar-refractivity contribution < 1.29 is 22.7 Å². The average molecular weight is 500 g/mol. The molecule has 36 heavy (non-hydrogen) atoms. The van der Waals surface area contributed by atoms with Crippen molar-refractivity contribution >= 4 is 17.4 Å². The van der Waals surface area contributed by atoms with Crippen molar-refractivity contribution in [1.82, 2.24) is 15.3 Å². The number of hydrogen-bond donors (Lipinski definition) is 3. The van der Waals surface area contributed by atoms with Crippen molar-refractivity contribution in [3.8, 4) is 5.88 Å². The molecule has 1 amide bonds. The van der Waals surface area contributed by atoms with Crippen LogP contribution in [-0.2, 0) is 12.7 Å². The van der Waals surface area contributed by atoms with Crippen molar-refractivity contribution in [1.29, 1.82) is 0 Å². The number of carbonyl (C=O) groups is 1. The van der Waals surface area contributed by atoms with Crippen LogP contribution in [0.25, 0.3) is 0 Å². The molecular formula is C26H28F3N5O2. The van der Waals surface area contributed by atoms with Gasteiger partial charge in [0, 0.05) is 49.7 Å². The number of carbonyl (C=O) groups excluding carboxylic acids is 1. The van der Waals surface area contributed by atoms with E-state index in [4.69, 9.17) is 4.74 Å². The van der Waals surface area contributed by atoms with Crippen LogP contribution in [0.15, 0.2) is 60.9 Å². The second-order valence-corrected chi connectivity index (χ2v) is 9.03. The first-order chi connectivity index (χ1) is 17.2. The van der Waals surface area contributed by atoms with E-state index in [9.17, 15) is 18.0 Å². The van der Waals surface area contributed by atoms with E-state index in [-0.39, 0.29) is 17.4 Å². The number of hydrogen-bond acceptors (Lipinski definition) is 6. The normalized spacial score (nSPS) is 14.7. The molecule has 0 spiro atoms. The van der Waals surface area contributed by atoms with Gasteiger partial charge in [0.25, 0.3) is 5.91 Å². The summed E-state index contributed by atoms with van der Waals surface area (Å²) in [5.41, 5.74) is 0.628. The van der Waals surface area contributed by atoms with Crippen LogP contribution in [0, 0.1) is 11.8 Å². The number of rotatable bonds is 9. The molecule has 3 heterocycles. The summed E-state index contributed by atoms with van der Waals surface area (Å²) >= 11 is 0. The van der Waals surface area contributed by atoms with Crippen LogP contribution in [0.3, 0.4) is 0 Å². The molecule has 1 aliphatic rings. The quantitative estimate of drug-likeness (QED) is 0.385. The molecule has 10 heteroatoms. The topological polar surface area (TPSA) is 88.2 Å². The van der Waals surface area contributed by atoms with Crippen molar-refractivity contribution in [2.45, 2.75) is 32.7 Å². The van der Waals surface area contributed by atoms with E-state index in [1.165, 1.54) is 12.1 Å². The smallest absolute Gasteiger partial charge is 0.416 e. The van der Waals surface area contributed by atoms with Gasteiger partial charge >= 0.3 is 6.18 Å². The molecule has 3 N–H and O–H groups in total. The third kappa shape index (κ3) is 6.31. The Morgan fingerprint density at radius 3 is 2.50 bits per heavy atom. The highest BCUT2D eigenvalue weighted by Gasteiger charge is 2.31. The van der Waals surface area contributed by atoms with Gasteiger partial charge in [0.15, 0.2) is 0 Å². The molecule has 2 aromatic heterocycles. The number of halogens is 3. The van der Waals surface area contributed by atoms with E-state index in [0.717, 1.165) is 30.8 Å². The third-order valence-corrected chi connectivity index (χ3v) is 5.97. The molecular weight excluding hydrogens is 471 g/mol. The first-order valence-electron chi connectivity index (χ1n) is 11.7. The number of alkyl halides is 3. The zero-order chi connectivity index (χ0) is 25.7. The van der Waals surface area contributed by atoms with E-state index in [1.54, 1.807) is 24.5 Å². The van der Waals surface area contributed by atoms with Crippen LogP contribution >= 0.6 is 0 Å². The predicted molar refractivity (Wildman–Crippen MR) is 131 cm³/mol. The van der Waals surface area contributed by atoms with Gasteiger partial charge in [-0.05, 0) is 53.9 Å². The summed E-state index contributed by atoms with van der Waals surface area (Å²) in [5, 5.41) is 9.05. The minimum absolute atomic E-state index is 0.0678. The van der Waals surface area contributed by atoms with E-state index < -0.39 is 17.6 Å². The summed E-state index contributed by atoms with van der Waals surface area (Å²) in [4.78, 5) is 21.4. The highest BCUT2D eigenvalue weighted by atomic mass is 19.4. The van der Waals surface area contributed by atoms with Crippen molar-refractivity contribution in [3.05, 3.63) is 77.6 Å². The number of aromatic nitrogens is 2. The fourth-order valence-electron chi connectivity index (χ4n) is 3.94. The second-order valence-electron chi connectivity index (χ2n) is 9.03. The molecule has 1 aliphatic heterocycles. The first kappa shape index (κ1) is 25.4. The van der Waals surface area contributed by atoms with Crippen LogP contribution in [0.4, 0.5) is 24.7 Å². The van der Waals surface area contributed by atoms with Gasteiger partial charge in [-0.15, -0.1) is 0 Å². The number of amides is 1. The minimum Gasteiger partial charge on any atom is -0.474 e. The van der Waals surface area contributed by atoms with Gasteiger partial charge in [-0.3, -0.25) is 4.79 Å². The van der Waals surface area contributed by atoms with Gasteiger partial charge in [0.2, 0.25) is 5.88 Å². The van der Waals surface area contributed by atoms with Gasteiger partial charge < -0.3 is 20.7 Å². The monoisotopic (exact) mass is 499 g/mol. The molecule has 3 aromatic rings. The summed E-state index contributed by atoms with van der Waals surface area (Å²) in [7, 11) is 0. The van der Waals surface area contributed by atoms with Gasteiger partial charge in [0.1, 0.15) is 11.9 Å². The highest BCUT2D eigenvalue weighted by Crippen LogP contribution is 2.30. The molecule has 1 aromatic carbocycles. The van der Waals surface area contributed by atoms with Gasteiger partial charge in [-0.2, -0.15) is 13.2 Å². The summed E-state index contributed by atoms with van der Waals surface area (Å²) < 4.78 is 44.6. The van der Waals surface area contributed by atoms with Crippen LogP contribution in [0.1, 0.15) is 35.3 Å². The Balaban J connectivity index is 1.41. The van der Waals surface area contributed by atoms with Crippen LogP contribution in [0.2, 0.25) is 0 Å². The lowest BCUT2D eigenvalue weighted by Crippen LogP contribution is -2.52. The Morgan fingerprint density at radius 2 is 1.86 bits per heavy atom. The second kappa shape index (κ2) is 10.9. The Hall–Kier alpha value is -3.66. The number of nitrogens with one attached hydrogen (secondary N) is 3. The Labute approximate surface area is 207 Å². The maximum atomic E-state index is 12.8. The van der Waals surface area contributed by atoms with Gasteiger partial charge in [-0.1, -0.05) is 13.8 Å². The Bertz CT molecular complexity index is 1180. The lowest BCUT2D eigenvalue weighted by atomic mass is 9.89. The largest absolute Gasteiger partial charge is 0.474 e. The van der Waals surface area contributed by atoms with E-state index in [0.29, 0.717) is 30.1 Å². The molecule has 0 aliphatic carbocycles.